The van der Waals surface area contributed by atoms with Gasteiger partial charge in [0.1, 0.15) is 0 Å². The van der Waals surface area contributed by atoms with E-state index in [0.717, 1.165) is 33.2 Å². The van der Waals surface area contributed by atoms with Crippen molar-refractivity contribution in [3.8, 4) is 10.4 Å². The Morgan fingerprint density at radius 2 is 1.70 bits per heavy atom. The summed E-state index contributed by atoms with van der Waals surface area (Å²) in [7, 11) is -3.31. The van der Waals surface area contributed by atoms with Crippen molar-refractivity contribution in [2.45, 2.75) is 43.8 Å². The standard InChI is InChI=1S/C32H36ClN3O2S2/c1-32(2,3)36(21-23-11-6-5-7-12-23)22-25(34)20-29(35-28-16-9-8-15-27(28)33)31-18-17-30(39-31)24-13-10-14-26(19-24)40(4,37)38/h5-20,25,35H,21-22,34H2,1-4H3/b29-20-. The van der Waals surface area contributed by atoms with Gasteiger partial charge in [-0.15, -0.1) is 11.3 Å². The Morgan fingerprint density at radius 3 is 2.38 bits per heavy atom. The number of sulfone groups is 1. The maximum absolute atomic E-state index is 12.1. The average Bonchev–Trinajstić information content (AvgIpc) is 3.39. The second kappa shape index (κ2) is 12.7. The van der Waals surface area contributed by atoms with Crippen molar-refractivity contribution >= 4 is 44.2 Å². The molecule has 4 aromatic rings. The van der Waals surface area contributed by atoms with Crippen LogP contribution in [0.3, 0.4) is 0 Å². The Hall–Kier alpha value is -2.94. The first kappa shape index (κ1) is 30.0. The first-order valence-corrected chi connectivity index (χ1v) is 16.2. The lowest BCUT2D eigenvalue weighted by Crippen LogP contribution is -2.46. The molecular formula is C32H36ClN3O2S2. The molecule has 3 aromatic carbocycles. The Morgan fingerprint density at radius 1 is 1.00 bits per heavy atom. The van der Waals surface area contributed by atoms with Crippen LogP contribution in [0.2, 0.25) is 5.02 Å². The van der Waals surface area contributed by atoms with Gasteiger partial charge < -0.3 is 11.1 Å². The summed E-state index contributed by atoms with van der Waals surface area (Å²) >= 11 is 8.08. The SMILES string of the molecule is CC(C)(C)N(Cc1ccccc1)CC(N)/C=C(\Nc1ccccc1Cl)c1ccc(-c2cccc(S(C)(=O)=O)c2)s1. The van der Waals surface area contributed by atoms with E-state index in [2.05, 4.69) is 61.3 Å². The fourth-order valence-electron chi connectivity index (χ4n) is 4.31. The molecule has 0 aliphatic heterocycles. The van der Waals surface area contributed by atoms with Crippen LogP contribution in [0.25, 0.3) is 16.1 Å². The number of rotatable bonds is 10. The molecule has 40 heavy (non-hydrogen) atoms. The van der Waals surface area contributed by atoms with Crippen LogP contribution in [0.1, 0.15) is 31.2 Å². The minimum atomic E-state index is -3.31. The molecule has 210 valence electrons. The molecule has 0 saturated carbocycles. The van der Waals surface area contributed by atoms with Crippen LogP contribution in [-0.2, 0) is 16.4 Å². The van der Waals surface area contributed by atoms with Crippen molar-refractivity contribution in [1.82, 2.24) is 4.90 Å². The second-order valence-corrected chi connectivity index (χ2v) is 14.4. The number of benzene rings is 3. The largest absolute Gasteiger partial charge is 0.353 e. The predicted molar refractivity (Wildman–Crippen MR) is 170 cm³/mol. The molecule has 1 atom stereocenters. The highest BCUT2D eigenvalue weighted by molar-refractivity contribution is 7.90. The number of thiophene rings is 1. The van der Waals surface area contributed by atoms with Gasteiger partial charge in [0.05, 0.1) is 26.2 Å². The van der Waals surface area contributed by atoms with E-state index in [0.29, 0.717) is 16.5 Å². The van der Waals surface area contributed by atoms with E-state index in [-0.39, 0.29) is 11.6 Å². The number of nitrogens with one attached hydrogen (secondary N) is 1. The lowest BCUT2D eigenvalue weighted by molar-refractivity contribution is 0.124. The zero-order chi connectivity index (χ0) is 28.9. The van der Waals surface area contributed by atoms with E-state index in [1.54, 1.807) is 29.5 Å². The number of halogens is 1. The Bertz CT molecular complexity index is 1570. The molecule has 0 aliphatic carbocycles. The highest BCUT2D eigenvalue weighted by Crippen LogP contribution is 2.35. The molecule has 5 nitrogen and oxygen atoms in total. The van der Waals surface area contributed by atoms with Gasteiger partial charge in [-0.2, -0.15) is 0 Å². The van der Waals surface area contributed by atoms with Crippen molar-refractivity contribution in [3.63, 3.8) is 0 Å². The summed E-state index contributed by atoms with van der Waals surface area (Å²) in [6.07, 6.45) is 3.27. The van der Waals surface area contributed by atoms with Gasteiger partial charge in [0.2, 0.25) is 0 Å². The molecule has 8 heteroatoms. The third kappa shape index (κ3) is 8.05. The van der Waals surface area contributed by atoms with Gasteiger partial charge in [0.25, 0.3) is 0 Å². The predicted octanol–water partition coefficient (Wildman–Crippen LogP) is 7.55. The molecule has 0 spiro atoms. The summed E-state index contributed by atoms with van der Waals surface area (Å²) in [6, 6.07) is 28.8. The summed E-state index contributed by atoms with van der Waals surface area (Å²) < 4.78 is 24.2. The minimum absolute atomic E-state index is 0.0850. The molecule has 0 radical (unpaired) electrons. The van der Waals surface area contributed by atoms with Crippen LogP contribution in [0.4, 0.5) is 5.69 Å². The van der Waals surface area contributed by atoms with Crippen LogP contribution in [0.15, 0.2) is 102 Å². The monoisotopic (exact) mass is 593 g/mol. The highest BCUT2D eigenvalue weighted by atomic mass is 35.5. The molecule has 1 heterocycles. The molecule has 0 fully saturated rings. The fraction of sp³-hybridized carbons (Fsp3) is 0.250. The topological polar surface area (TPSA) is 75.4 Å². The number of anilines is 1. The summed E-state index contributed by atoms with van der Waals surface area (Å²) in [6.45, 7) is 8.04. The van der Waals surface area contributed by atoms with E-state index in [9.17, 15) is 8.42 Å². The molecule has 0 aliphatic rings. The van der Waals surface area contributed by atoms with E-state index >= 15 is 0 Å². The lowest BCUT2D eigenvalue weighted by Gasteiger charge is -2.37. The Kier molecular flexibility index (Phi) is 9.54. The lowest BCUT2D eigenvalue weighted by atomic mass is 10.0. The smallest absolute Gasteiger partial charge is 0.175 e. The van der Waals surface area contributed by atoms with Crippen molar-refractivity contribution in [1.29, 1.82) is 0 Å². The van der Waals surface area contributed by atoms with Crippen molar-refractivity contribution in [3.05, 3.63) is 113 Å². The zero-order valence-corrected chi connectivity index (χ0v) is 25.7. The van der Waals surface area contributed by atoms with Crippen LogP contribution >= 0.6 is 22.9 Å². The third-order valence-electron chi connectivity index (χ3n) is 6.54. The summed E-state index contributed by atoms with van der Waals surface area (Å²) in [5.74, 6) is 0. The average molecular weight is 594 g/mol. The number of para-hydroxylation sites is 1. The van der Waals surface area contributed by atoms with Gasteiger partial charge >= 0.3 is 0 Å². The normalized spacial score (nSPS) is 13.4. The molecule has 1 aromatic heterocycles. The Balaban J connectivity index is 1.66. The van der Waals surface area contributed by atoms with Crippen LogP contribution in [0.5, 0.6) is 0 Å². The van der Waals surface area contributed by atoms with Crippen LogP contribution in [-0.4, -0.2) is 37.7 Å². The van der Waals surface area contributed by atoms with Crippen LogP contribution < -0.4 is 11.1 Å². The Labute approximate surface area is 247 Å². The van der Waals surface area contributed by atoms with Crippen molar-refractivity contribution < 1.29 is 8.42 Å². The van der Waals surface area contributed by atoms with E-state index in [1.807, 2.05) is 48.5 Å². The fourth-order valence-corrected chi connectivity index (χ4v) is 6.14. The molecule has 0 bridgehead atoms. The maximum atomic E-state index is 12.1. The number of nitrogens with zero attached hydrogens (tertiary/aromatic N) is 1. The first-order chi connectivity index (χ1) is 18.9. The quantitative estimate of drug-likeness (QED) is 0.198. The minimum Gasteiger partial charge on any atom is -0.353 e. The van der Waals surface area contributed by atoms with Crippen molar-refractivity contribution in [2.75, 3.05) is 18.1 Å². The molecule has 1 unspecified atom stereocenters. The van der Waals surface area contributed by atoms with Crippen molar-refractivity contribution in [2.24, 2.45) is 5.73 Å². The zero-order valence-electron chi connectivity index (χ0n) is 23.3. The van der Waals surface area contributed by atoms with Gasteiger partial charge in [-0.05, 0) is 74.4 Å². The van der Waals surface area contributed by atoms with E-state index in [1.165, 1.54) is 11.8 Å². The third-order valence-corrected chi connectivity index (χ3v) is 9.15. The molecule has 0 amide bonds. The summed E-state index contributed by atoms with van der Waals surface area (Å²) in [5.41, 5.74) is 10.4. The summed E-state index contributed by atoms with van der Waals surface area (Å²) in [4.78, 5) is 4.61. The van der Waals surface area contributed by atoms with Gasteiger partial charge in [-0.1, -0.05) is 66.2 Å². The first-order valence-electron chi connectivity index (χ1n) is 13.1. The highest BCUT2D eigenvalue weighted by Gasteiger charge is 2.23. The molecular weight excluding hydrogens is 558 g/mol. The number of hydrogen-bond acceptors (Lipinski definition) is 6. The van der Waals surface area contributed by atoms with E-state index < -0.39 is 9.84 Å². The number of nitrogens with two attached hydrogens (primary N) is 1. The molecule has 3 N–H and O–H groups in total. The van der Waals surface area contributed by atoms with Crippen LogP contribution in [0, 0.1) is 0 Å². The number of hydrogen-bond donors (Lipinski definition) is 2. The summed E-state index contributed by atoms with van der Waals surface area (Å²) in [5, 5.41) is 4.11. The van der Waals surface area contributed by atoms with Gasteiger partial charge in [0, 0.05) is 35.8 Å². The van der Waals surface area contributed by atoms with E-state index in [4.69, 9.17) is 17.3 Å². The molecule has 4 rings (SSSR count). The van der Waals surface area contributed by atoms with Gasteiger partial charge in [0.15, 0.2) is 9.84 Å². The molecule has 0 saturated heterocycles. The van der Waals surface area contributed by atoms with Gasteiger partial charge in [-0.25, -0.2) is 8.42 Å². The van der Waals surface area contributed by atoms with Gasteiger partial charge in [-0.3, -0.25) is 4.90 Å². The second-order valence-electron chi connectivity index (χ2n) is 10.8. The maximum Gasteiger partial charge on any atom is 0.175 e.